The van der Waals surface area contributed by atoms with Crippen LogP contribution in [0.4, 0.5) is 11.4 Å². The highest BCUT2D eigenvalue weighted by Crippen LogP contribution is 2.29. The number of para-hydroxylation sites is 1. The van der Waals surface area contributed by atoms with Gasteiger partial charge in [0.2, 0.25) is 5.91 Å². The molecule has 0 aromatic heterocycles. The number of hydrogen-bond acceptors (Lipinski definition) is 5. The van der Waals surface area contributed by atoms with Gasteiger partial charge in [-0.1, -0.05) is 18.2 Å². The Labute approximate surface area is 175 Å². The van der Waals surface area contributed by atoms with Crippen LogP contribution in [0.3, 0.4) is 0 Å². The molecule has 0 aliphatic heterocycles. The summed E-state index contributed by atoms with van der Waals surface area (Å²) in [5.41, 5.74) is 0.671. The Bertz CT molecular complexity index is 1110. The molecule has 0 heterocycles. The number of carbonyl (C=O) groups is 1. The van der Waals surface area contributed by atoms with Gasteiger partial charge >= 0.3 is 0 Å². The molecule has 30 heavy (non-hydrogen) atoms. The molecule has 7 nitrogen and oxygen atoms in total. The van der Waals surface area contributed by atoms with Crippen molar-refractivity contribution in [3.05, 3.63) is 72.8 Å². The van der Waals surface area contributed by atoms with Gasteiger partial charge in [-0.2, -0.15) is 0 Å². The summed E-state index contributed by atoms with van der Waals surface area (Å²) >= 11 is 0. The maximum atomic E-state index is 12.8. The number of benzene rings is 3. The predicted molar refractivity (Wildman–Crippen MR) is 116 cm³/mol. The van der Waals surface area contributed by atoms with Crippen molar-refractivity contribution >= 4 is 27.3 Å². The molecular weight excluding hydrogens is 404 g/mol. The first-order valence-electron chi connectivity index (χ1n) is 9.27. The standard InChI is InChI=1S/C22H22N2O5S/c1-3-28-22-14-13-20(15-21(22)23-16(2)25)30(26,27)24-17-9-11-19(12-10-17)29-18-7-5-4-6-8-18/h4-15,24H,3H2,1-2H3,(H,23,25). The quantitative estimate of drug-likeness (QED) is 0.547. The lowest BCUT2D eigenvalue weighted by Crippen LogP contribution is -2.14. The zero-order chi connectivity index (χ0) is 21.6. The second-order valence-corrected chi connectivity index (χ2v) is 8.00. The molecule has 0 unspecified atom stereocenters. The highest BCUT2D eigenvalue weighted by atomic mass is 32.2. The topological polar surface area (TPSA) is 93.7 Å². The molecule has 0 bridgehead atoms. The Balaban J connectivity index is 1.78. The Hall–Kier alpha value is -3.52. The van der Waals surface area contributed by atoms with Crippen LogP contribution in [0.5, 0.6) is 17.2 Å². The van der Waals surface area contributed by atoms with Gasteiger partial charge in [-0.15, -0.1) is 0 Å². The zero-order valence-electron chi connectivity index (χ0n) is 16.6. The molecule has 0 spiro atoms. The zero-order valence-corrected chi connectivity index (χ0v) is 17.4. The molecule has 0 atom stereocenters. The molecule has 0 radical (unpaired) electrons. The van der Waals surface area contributed by atoms with E-state index >= 15 is 0 Å². The number of nitrogens with one attached hydrogen (secondary N) is 2. The van der Waals surface area contributed by atoms with Crippen molar-refractivity contribution in [2.45, 2.75) is 18.7 Å². The summed E-state index contributed by atoms with van der Waals surface area (Å²) < 4.78 is 39.2. The molecule has 0 saturated carbocycles. The third-order valence-electron chi connectivity index (χ3n) is 3.96. The second-order valence-electron chi connectivity index (χ2n) is 6.32. The molecule has 156 valence electrons. The van der Waals surface area contributed by atoms with Gasteiger partial charge in [-0.25, -0.2) is 8.42 Å². The number of anilines is 2. The van der Waals surface area contributed by atoms with Crippen LogP contribution in [0.25, 0.3) is 0 Å². The van der Waals surface area contributed by atoms with Gasteiger partial charge in [-0.05, 0) is 61.5 Å². The van der Waals surface area contributed by atoms with Gasteiger partial charge in [0.25, 0.3) is 10.0 Å². The minimum atomic E-state index is -3.87. The summed E-state index contributed by atoms with van der Waals surface area (Å²) in [5, 5.41) is 2.59. The molecule has 0 fully saturated rings. The van der Waals surface area contributed by atoms with E-state index in [-0.39, 0.29) is 10.8 Å². The summed E-state index contributed by atoms with van der Waals surface area (Å²) in [7, 11) is -3.87. The third-order valence-corrected chi connectivity index (χ3v) is 5.34. The highest BCUT2D eigenvalue weighted by Gasteiger charge is 2.17. The average molecular weight is 426 g/mol. The van der Waals surface area contributed by atoms with Gasteiger partial charge in [0.15, 0.2) is 0 Å². The minimum Gasteiger partial charge on any atom is -0.492 e. The van der Waals surface area contributed by atoms with Crippen molar-refractivity contribution in [3.8, 4) is 17.2 Å². The number of hydrogen-bond donors (Lipinski definition) is 2. The van der Waals surface area contributed by atoms with E-state index in [0.717, 1.165) is 0 Å². The normalized spacial score (nSPS) is 10.9. The summed E-state index contributed by atoms with van der Waals surface area (Å²) in [6.45, 7) is 3.53. The lowest BCUT2D eigenvalue weighted by atomic mass is 10.3. The van der Waals surface area contributed by atoms with E-state index in [2.05, 4.69) is 10.0 Å². The molecule has 3 aromatic rings. The smallest absolute Gasteiger partial charge is 0.261 e. The lowest BCUT2D eigenvalue weighted by molar-refractivity contribution is -0.114. The Morgan fingerprint density at radius 2 is 1.60 bits per heavy atom. The summed E-state index contributed by atoms with van der Waals surface area (Å²) in [5.74, 6) is 1.34. The van der Waals surface area contributed by atoms with Crippen LogP contribution in [0.1, 0.15) is 13.8 Å². The van der Waals surface area contributed by atoms with E-state index in [0.29, 0.717) is 35.2 Å². The lowest BCUT2D eigenvalue weighted by Gasteiger charge is -2.14. The van der Waals surface area contributed by atoms with Crippen molar-refractivity contribution in [2.24, 2.45) is 0 Å². The third kappa shape index (κ3) is 5.51. The molecule has 8 heteroatoms. The van der Waals surface area contributed by atoms with E-state index < -0.39 is 10.0 Å². The average Bonchev–Trinajstić information content (AvgIpc) is 2.71. The van der Waals surface area contributed by atoms with Crippen molar-refractivity contribution in [2.75, 3.05) is 16.6 Å². The van der Waals surface area contributed by atoms with Crippen molar-refractivity contribution < 1.29 is 22.7 Å². The molecule has 0 aliphatic carbocycles. The number of amides is 1. The second kappa shape index (κ2) is 9.32. The molecule has 2 N–H and O–H groups in total. The largest absolute Gasteiger partial charge is 0.492 e. The van der Waals surface area contributed by atoms with Crippen molar-refractivity contribution in [1.82, 2.24) is 0 Å². The van der Waals surface area contributed by atoms with Gasteiger partial charge in [0.05, 0.1) is 17.2 Å². The Morgan fingerprint density at radius 1 is 0.933 bits per heavy atom. The van der Waals surface area contributed by atoms with Crippen molar-refractivity contribution in [1.29, 1.82) is 0 Å². The summed E-state index contributed by atoms with van der Waals surface area (Å²) in [6.07, 6.45) is 0. The van der Waals surface area contributed by atoms with Crippen LogP contribution >= 0.6 is 0 Å². The first kappa shape index (κ1) is 21.2. The highest BCUT2D eigenvalue weighted by molar-refractivity contribution is 7.92. The van der Waals surface area contributed by atoms with Crippen LogP contribution in [0.15, 0.2) is 77.7 Å². The maximum Gasteiger partial charge on any atom is 0.261 e. The molecule has 3 rings (SSSR count). The Kier molecular flexibility index (Phi) is 6.58. The van der Waals surface area contributed by atoms with Gasteiger partial charge in [0.1, 0.15) is 17.2 Å². The first-order valence-corrected chi connectivity index (χ1v) is 10.8. The van der Waals surface area contributed by atoms with Crippen molar-refractivity contribution in [3.63, 3.8) is 0 Å². The molecular formula is C22H22N2O5S. The maximum absolute atomic E-state index is 12.8. The fraction of sp³-hybridized carbons (Fsp3) is 0.136. The van der Waals surface area contributed by atoms with Gasteiger partial charge in [0, 0.05) is 12.6 Å². The summed E-state index contributed by atoms with van der Waals surface area (Å²) in [4.78, 5) is 11.4. The van der Waals surface area contributed by atoms with Crippen LogP contribution < -0.4 is 19.5 Å². The number of ether oxygens (including phenoxy) is 2. The SMILES string of the molecule is CCOc1ccc(S(=O)(=O)Nc2ccc(Oc3ccccc3)cc2)cc1NC(C)=O. The number of carbonyl (C=O) groups excluding carboxylic acids is 1. The van der Waals surface area contributed by atoms with E-state index in [9.17, 15) is 13.2 Å². The van der Waals surface area contributed by atoms with E-state index in [1.54, 1.807) is 31.2 Å². The predicted octanol–water partition coefficient (Wildman–Crippen LogP) is 4.64. The Morgan fingerprint density at radius 3 is 2.23 bits per heavy atom. The number of rotatable bonds is 8. The van der Waals surface area contributed by atoms with Crippen LogP contribution in [-0.4, -0.2) is 20.9 Å². The van der Waals surface area contributed by atoms with Crippen LogP contribution in [0, 0.1) is 0 Å². The minimum absolute atomic E-state index is 0.000634. The molecule has 1 amide bonds. The van der Waals surface area contributed by atoms with E-state index in [4.69, 9.17) is 9.47 Å². The molecule has 0 saturated heterocycles. The van der Waals surface area contributed by atoms with E-state index in [1.165, 1.54) is 25.1 Å². The molecule has 3 aromatic carbocycles. The fourth-order valence-corrected chi connectivity index (χ4v) is 3.76. The van der Waals surface area contributed by atoms with Crippen LogP contribution in [0.2, 0.25) is 0 Å². The van der Waals surface area contributed by atoms with E-state index in [1.807, 2.05) is 30.3 Å². The van der Waals surface area contributed by atoms with Gasteiger partial charge < -0.3 is 14.8 Å². The monoisotopic (exact) mass is 426 g/mol. The van der Waals surface area contributed by atoms with Crippen LogP contribution in [-0.2, 0) is 14.8 Å². The number of sulfonamides is 1. The first-order chi connectivity index (χ1) is 14.4. The van der Waals surface area contributed by atoms with Gasteiger partial charge in [-0.3, -0.25) is 9.52 Å². The summed E-state index contributed by atoms with van der Waals surface area (Å²) in [6, 6.07) is 20.1. The molecule has 0 aliphatic rings. The fourth-order valence-electron chi connectivity index (χ4n) is 2.67.